The molecule has 4 aliphatic heterocycles. The predicted octanol–water partition coefficient (Wildman–Crippen LogP) is 3.42. The van der Waals surface area contributed by atoms with Gasteiger partial charge >= 0.3 is 5.97 Å². The molecule has 0 aliphatic carbocycles. The molecule has 0 unspecified atom stereocenters. The van der Waals surface area contributed by atoms with Crippen LogP contribution in [0.5, 0.6) is 0 Å². The van der Waals surface area contributed by atoms with E-state index in [0.717, 1.165) is 31.3 Å². The van der Waals surface area contributed by atoms with E-state index >= 15 is 0 Å². The molecule has 3 N–H and O–H groups in total. The van der Waals surface area contributed by atoms with E-state index in [9.17, 15) is 24.3 Å². The van der Waals surface area contributed by atoms with E-state index in [-0.39, 0.29) is 35.8 Å². The number of likely N-dealkylation sites (tertiary alicyclic amines) is 1. The van der Waals surface area contributed by atoms with Crippen LogP contribution in [0.25, 0.3) is 0 Å². The van der Waals surface area contributed by atoms with Crippen LogP contribution in [0.3, 0.4) is 0 Å². The number of aliphatic carboxylic acids is 1. The third-order valence-corrected chi connectivity index (χ3v) is 10.3. The van der Waals surface area contributed by atoms with Gasteiger partial charge in [-0.15, -0.1) is 35.9 Å². The normalized spacial score (nSPS) is 25.5. The zero-order chi connectivity index (χ0) is 27.1. The van der Waals surface area contributed by atoms with E-state index in [1.54, 1.807) is 12.1 Å². The number of thioether (sulfide) groups is 2. The van der Waals surface area contributed by atoms with E-state index < -0.39 is 29.2 Å². The van der Waals surface area contributed by atoms with Crippen molar-refractivity contribution in [3.05, 3.63) is 50.1 Å². The summed E-state index contributed by atoms with van der Waals surface area (Å²) < 4.78 is 0. The fourth-order valence-corrected chi connectivity index (χ4v) is 7.81. The smallest absolute Gasteiger partial charge is 0.352 e. The Labute approximate surface area is 254 Å². The van der Waals surface area contributed by atoms with Crippen LogP contribution in [0.1, 0.15) is 12.8 Å². The molecule has 4 heterocycles. The summed E-state index contributed by atoms with van der Waals surface area (Å²) in [6, 6.07) is 2.36. The number of amides is 3. The first kappa shape index (κ1) is 30.4. The van der Waals surface area contributed by atoms with Gasteiger partial charge in [0.05, 0.1) is 20.8 Å². The molecule has 5 rings (SSSR count). The minimum absolute atomic E-state index is 0. The van der Waals surface area contributed by atoms with Crippen molar-refractivity contribution in [1.29, 1.82) is 0 Å². The fraction of sp³-hybridized carbons (Fsp3) is 0.417. The summed E-state index contributed by atoms with van der Waals surface area (Å²) in [4.78, 5) is 54.3. The van der Waals surface area contributed by atoms with Crippen molar-refractivity contribution in [3.63, 3.8) is 0 Å². The van der Waals surface area contributed by atoms with Crippen molar-refractivity contribution in [3.8, 4) is 0 Å². The second kappa shape index (κ2) is 12.5. The zero-order valence-electron chi connectivity index (χ0n) is 20.2. The quantitative estimate of drug-likeness (QED) is 0.177. The van der Waals surface area contributed by atoms with Gasteiger partial charge in [-0.05, 0) is 43.2 Å². The Hall–Kier alpha value is -1.60. The number of carbonyl (C=O) groups is 4. The minimum Gasteiger partial charge on any atom is -0.477 e. The predicted molar refractivity (Wildman–Crippen MR) is 155 cm³/mol. The largest absolute Gasteiger partial charge is 0.477 e. The number of nitrogens with one attached hydrogen (secondary N) is 2. The Kier molecular flexibility index (Phi) is 9.73. The summed E-state index contributed by atoms with van der Waals surface area (Å²) in [6.45, 7) is 2.23. The summed E-state index contributed by atoms with van der Waals surface area (Å²) in [7, 11) is 0. The van der Waals surface area contributed by atoms with Crippen LogP contribution in [0.4, 0.5) is 0 Å². The average molecular weight is 654 g/mol. The molecular weight excluding hydrogens is 630 g/mol. The highest BCUT2D eigenvalue weighted by Crippen LogP contribution is 2.41. The van der Waals surface area contributed by atoms with Crippen LogP contribution in [0, 0.1) is 0 Å². The van der Waals surface area contributed by atoms with Gasteiger partial charge in [0.15, 0.2) is 0 Å². The zero-order valence-corrected chi connectivity index (χ0v) is 25.0. The maximum absolute atomic E-state index is 13.0. The number of nitrogens with zero attached hydrogens (tertiary/aromatic N) is 2. The van der Waals surface area contributed by atoms with Gasteiger partial charge in [-0.2, -0.15) is 0 Å². The first-order chi connectivity index (χ1) is 18.2. The summed E-state index contributed by atoms with van der Waals surface area (Å²) in [5.41, 5.74) is 0.847. The Balaban J connectivity index is 0.00000353. The number of halogens is 4. The molecule has 39 heavy (non-hydrogen) atoms. The van der Waals surface area contributed by atoms with Crippen molar-refractivity contribution >= 4 is 94.4 Å². The highest BCUT2D eigenvalue weighted by atomic mass is 35.5. The highest BCUT2D eigenvalue weighted by Gasteiger charge is 2.54. The molecule has 0 radical (unpaired) electrons. The van der Waals surface area contributed by atoms with Crippen LogP contribution in [-0.2, 0) is 19.2 Å². The lowest BCUT2D eigenvalue weighted by Crippen LogP contribution is -2.70. The third-order valence-electron chi connectivity index (χ3n) is 6.83. The van der Waals surface area contributed by atoms with Crippen LogP contribution < -0.4 is 10.6 Å². The van der Waals surface area contributed by atoms with E-state index in [0.29, 0.717) is 49.8 Å². The number of carboxylic acid groups (broad SMARTS) is 1. The molecule has 210 valence electrons. The Morgan fingerprint density at radius 1 is 1.21 bits per heavy atom. The van der Waals surface area contributed by atoms with Gasteiger partial charge in [-0.1, -0.05) is 34.8 Å². The van der Waals surface area contributed by atoms with Crippen LogP contribution in [0.15, 0.2) is 39.9 Å². The number of hydrogen-bond acceptors (Lipinski definition) is 7. The molecular formula is C24H24Cl4N4O5S2. The number of rotatable bonds is 7. The number of fused-ring (bicyclic) bond motifs is 1. The number of hydrogen-bond donors (Lipinski definition) is 3. The first-order valence-electron chi connectivity index (χ1n) is 11.9. The summed E-state index contributed by atoms with van der Waals surface area (Å²) in [5, 5.41) is 16.3. The molecule has 3 saturated heterocycles. The van der Waals surface area contributed by atoms with Crippen molar-refractivity contribution in [2.45, 2.75) is 35.2 Å². The number of carboxylic acids is 1. The molecule has 0 saturated carbocycles. The van der Waals surface area contributed by atoms with E-state index in [2.05, 4.69) is 10.6 Å². The maximum atomic E-state index is 13.0. The van der Waals surface area contributed by atoms with Gasteiger partial charge in [0.2, 0.25) is 11.8 Å². The van der Waals surface area contributed by atoms with E-state index in [4.69, 9.17) is 34.8 Å². The standard InChI is InChI=1S/C24H23Cl3N4O5S2.ClH/c25-14-6-16(27)17(7-15(14)26)37-10-18(32)29-19-22(34)31-20(24(35)36)12(9-38-23(19)31)5-11-2-4-30(21(11)33)13-1-3-28-8-13;/h5-7,13,19,23,28H,1-4,8-10H2,(H,29,32)(H,35,36);1H/b11-5+;/t13-,19-,23-;/m1./s1. The fourth-order valence-electron chi connectivity index (χ4n) is 4.96. The maximum Gasteiger partial charge on any atom is 0.352 e. The van der Waals surface area contributed by atoms with Gasteiger partial charge < -0.3 is 20.6 Å². The number of carbonyl (C=O) groups excluding carboxylic acids is 3. The SMILES string of the molecule is Cl.O=C(CSc1cc(Cl)c(Cl)cc1Cl)N[C@@H]1C(=O)N2C(C(=O)O)=C(/C=C3\CCN([C@@H]4CCNC4)C3=O)CS[C@H]12. The molecule has 1 aromatic carbocycles. The Bertz CT molecular complexity index is 1290. The summed E-state index contributed by atoms with van der Waals surface area (Å²) in [5.74, 6) is -1.94. The third kappa shape index (κ3) is 6.05. The van der Waals surface area contributed by atoms with Gasteiger partial charge in [0.1, 0.15) is 17.1 Å². The van der Waals surface area contributed by atoms with Gasteiger partial charge in [0, 0.05) is 35.4 Å². The monoisotopic (exact) mass is 652 g/mol. The summed E-state index contributed by atoms with van der Waals surface area (Å²) in [6.07, 6.45) is 3.06. The molecule has 3 fully saturated rings. The van der Waals surface area contributed by atoms with Crippen LogP contribution in [0.2, 0.25) is 15.1 Å². The van der Waals surface area contributed by atoms with Gasteiger partial charge in [-0.25, -0.2) is 4.79 Å². The molecule has 0 bridgehead atoms. The molecule has 9 nitrogen and oxygen atoms in total. The van der Waals surface area contributed by atoms with Crippen LogP contribution in [-0.4, -0.2) is 87.2 Å². The van der Waals surface area contributed by atoms with E-state index in [1.807, 2.05) is 4.90 Å². The molecule has 3 atom stereocenters. The summed E-state index contributed by atoms with van der Waals surface area (Å²) >= 11 is 20.6. The number of benzene rings is 1. The Morgan fingerprint density at radius 2 is 1.95 bits per heavy atom. The number of allylic oxidation sites excluding steroid dienone is 1. The topological polar surface area (TPSA) is 119 Å². The minimum atomic E-state index is -1.24. The second-order valence-corrected chi connectivity index (χ2v) is 12.5. The van der Waals surface area contributed by atoms with Crippen molar-refractivity contribution < 1.29 is 24.3 Å². The lowest BCUT2D eigenvalue weighted by molar-refractivity contribution is -0.150. The van der Waals surface area contributed by atoms with Gasteiger partial charge in [-0.3, -0.25) is 19.3 Å². The van der Waals surface area contributed by atoms with Crippen molar-refractivity contribution in [1.82, 2.24) is 20.4 Å². The van der Waals surface area contributed by atoms with Crippen LogP contribution >= 0.6 is 70.7 Å². The molecule has 3 amide bonds. The van der Waals surface area contributed by atoms with Crippen molar-refractivity contribution in [2.75, 3.05) is 31.1 Å². The first-order valence-corrected chi connectivity index (χ1v) is 15.0. The highest BCUT2D eigenvalue weighted by molar-refractivity contribution is 8.00. The molecule has 0 spiro atoms. The molecule has 4 aliphatic rings. The molecule has 0 aromatic heterocycles. The molecule has 15 heteroatoms. The van der Waals surface area contributed by atoms with Gasteiger partial charge in [0.25, 0.3) is 5.91 Å². The average Bonchev–Trinajstić information content (AvgIpc) is 3.53. The van der Waals surface area contributed by atoms with E-state index in [1.165, 1.54) is 22.7 Å². The Morgan fingerprint density at radius 3 is 2.64 bits per heavy atom. The second-order valence-electron chi connectivity index (χ2n) is 9.18. The molecule has 1 aromatic rings. The van der Waals surface area contributed by atoms with Crippen molar-refractivity contribution in [2.24, 2.45) is 0 Å². The number of β-lactam (4-membered cyclic amide) rings is 1. The lowest BCUT2D eigenvalue weighted by Gasteiger charge is -2.49. The lowest BCUT2D eigenvalue weighted by atomic mass is 10.0.